The fourth-order valence-electron chi connectivity index (χ4n) is 0.630. The third-order valence-electron chi connectivity index (χ3n) is 1.20. The van der Waals surface area contributed by atoms with Gasteiger partial charge in [0.15, 0.2) is 0 Å². The Balaban J connectivity index is 3.75. The number of halogens is 4. The van der Waals surface area contributed by atoms with E-state index in [1.54, 1.807) is 13.8 Å². The molecule has 90 valence electrons. The van der Waals surface area contributed by atoms with Gasteiger partial charge in [0, 0.05) is 0 Å². The van der Waals surface area contributed by atoms with Crippen LogP contribution in [-0.4, -0.2) is 37.6 Å². The Morgan fingerprint density at radius 2 is 1.87 bits per heavy atom. The molecule has 0 spiro atoms. The van der Waals surface area contributed by atoms with Crippen LogP contribution in [0.2, 0.25) is 0 Å². The van der Waals surface area contributed by atoms with Crippen molar-refractivity contribution in [3.63, 3.8) is 0 Å². The second kappa shape index (κ2) is 5.89. The van der Waals surface area contributed by atoms with E-state index in [4.69, 9.17) is 0 Å². The van der Waals surface area contributed by atoms with Crippen LogP contribution in [0.25, 0.3) is 0 Å². The first kappa shape index (κ1) is 14.2. The Morgan fingerprint density at radius 3 is 2.27 bits per heavy atom. The van der Waals surface area contributed by atoms with Gasteiger partial charge in [-0.05, 0) is 13.8 Å². The third kappa shape index (κ3) is 6.27. The molecule has 0 saturated carbocycles. The molecule has 7 heteroatoms. The molecular formula is C8H12F4O3. The number of carbonyl (C=O) groups excluding carboxylic acids is 1. The van der Waals surface area contributed by atoms with Crippen LogP contribution in [0.15, 0.2) is 0 Å². The van der Waals surface area contributed by atoms with Gasteiger partial charge in [0.05, 0.1) is 6.10 Å². The number of alkyl halides is 4. The zero-order valence-electron chi connectivity index (χ0n) is 8.31. The van der Waals surface area contributed by atoms with Crippen LogP contribution in [0.1, 0.15) is 13.8 Å². The molecule has 0 radical (unpaired) electrons. The number of ether oxygens (including phenoxy) is 2. The van der Waals surface area contributed by atoms with Crippen molar-refractivity contribution >= 4 is 5.97 Å². The Bertz CT molecular complexity index is 206. The molecule has 0 aliphatic rings. The molecule has 0 aliphatic heterocycles. The van der Waals surface area contributed by atoms with Gasteiger partial charge in [0.1, 0.15) is 13.2 Å². The van der Waals surface area contributed by atoms with Crippen molar-refractivity contribution in [2.45, 2.75) is 32.3 Å². The first-order valence-corrected chi connectivity index (χ1v) is 4.19. The van der Waals surface area contributed by atoms with E-state index in [0.717, 1.165) is 0 Å². The smallest absolute Gasteiger partial charge is 0.332 e. The predicted molar refractivity (Wildman–Crippen MR) is 43.0 cm³/mol. The van der Waals surface area contributed by atoms with Crippen molar-refractivity contribution in [2.75, 3.05) is 13.2 Å². The molecule has 0 aliphatic carbocycles. The van der Waals surface area contributed by atoms with Gasteiger partial charge in [-0.2, -0.15) is 8.78 Å². The standard InChI is InChI=1S/C8H12F4O3/c1-5(2)15-6(13)3-14-4-8(11,12)7(9)10/h5,7H,3-4H2,1-2H3. The highest BCUT2D eigenvalue weighted by atomic mass is 19.3. The Labute approximate surface area is 84.3 Å². The highest BCUT2D eigenvalue weighted by Gasteiger charge is 2.41. The van der Waals surface area contributed by atoms with Crippen LogP contribution in [-0.2, 0) is 14.3 Å². The molecule has 0 aromatic rings. The van der Waals surface area contributed by atoms with E-state index in [0.29, 0.717) is 0 Å². The second-order valence-electron chi connectivity index (χ2n) is 3.09. The molecule has 0 heterocycles. The number of rotatable bonds is 6. The van der Waals surface area contributed by atoms with Crippen molar-refractivity contribution in [3.05, 3.63) is 0 Å². The van der Waals surface area contributed by atoms with Crippen molar-refractivity contribution in [2.24, 2.45) is 0 Å². The lowest BCUT2D eigenvalue weighted by molar-refractivity contribution is -0.176. The van der Waals surface area contributed by atoms with Gasteiger partial charge in [-0.15, -0.1) is 0 Å². The molecule has 0 bridgehead atoms. The molecule has 0 amide bonds. The SMILES string of the molecule is CC(C)OC(=O)COCC(F)(F)C(F)F. The topological polar surface area (TPSA) is 35.5 Å². The summed E-state index contributed by atoms with van der Waals surface area (Å²) in [6.45, 7) is 0.857. The Kier molecular flexibility index (Phi) is 5.56. The molecule has 0 aromatic heterocycles. The molecule has 0 aromatic carbocycles. The number of hydrogen-bond donors (Lipinski definition) is 0. The van der Waals surface area contributed by atoms with E-state index in [9.17, 15) is 22.4 Å². The average Bonchev–Trinajstić information content (AvgIpc) is 2.01. The maximum atomic E-state index is 12.2. The normalized spacial score (nSPS) is 12.3. The molecule has 0 fully saturated rings. The molecule has 0 saturated heterocycles. The van der Waals surface area contributed by atoms with Crippen LogP contribution in [0.4, 0.5) is 17.6 Å². The van der Waals surface area contributed by atoms with Gasteiger partial charge < -0.3 is 9.47 Å². The summed E-state index contributed by atoms with van der Waals surface area (Å²) in [5, 5.41) is 0. The molecule has 0 N–H and O–H groups in total. The summed E-state index contributed by atoms with van der Waals surface area (Å²) >= 11 is 0. The number of carbonyl (C=O) groups is 1. The minimum absolute atomic E-state index is 0.406. The predicted octanol–water partition coefficient (Wildman–Crippen LogP) is 1.85. The maximum Gasteiger partial charge on any atom is 0.332 e. The van der Waals surface area contributed by atoms with E-state index in [1.165, 1.54) is 0 Å². The van der Waals surface area contributed by atoms with Gasteiger partial charge >= 0.3 is 18.3 Å². The van der Waals surface area contributed by atoms with E-state index in [1.807, 2.05) is 0 Å². The highest BCUT2D eigenvalue weighted by Crippen LogP contribution is 2.22. The van der Waals surface area contributed by atoms with Crippen LogP contribution in [0.5, 0.6) is 0 Å². The zero-order chi connectivity index (χ0) is 12.1. The largest absolute Gasteiger partial charge is 0.461 e. The minimum Gasteiger partial charge on any atom is -0.461 e. The van der Waals surface area contributed by atoms with Crippen LogP contribution >= 0.6 is 0 Å². The van der Waals surface area contributed by atoms with Crippen LogP contribution in [0.3, 0.4) is 0 Å². The van der Waals surface area contributed by atoms with Gasteiger partial charge in [-0.25, -0.2) is 13.6 Å². The van der Waals surface area contributed by atoms with E-state index >= 15 is 0 Å². The second-order valence-corrected chi connectivity index (χ2v) is 3.09. The summed E-state index contributed by atoms with van der Waals surface area (Å²) in [4.78, 5) is 10.7. The third-order valence-corrected chi connectivity index (χ3v) is 1.20. The van der Waals surface area contributed by atoms with E-state index < -0.39 is 37.6 Å². The fraction of sp³-hybridized carbons (Fsp3) is 0.875. The highest BCUT2D eigenvalue weighted by molar-refractivity contribution is 5.70. The lowest BCUT2D eigenvalue weighted by Crippen LogP contribution is -2.33. The maximum absolute atomic E-state index is 12.2. The monoisotopic (exact) mass is 232 g/mol. The molecule has 0 unspecified atom stereocenters. The summed E-state index contributed by atoms with van der Waals surface area (Å²) in [5.41, 5.74) is 0. The number of hydrogen-bond acceptors (Lipinski definition) is 3. The van der Waals surface area contributed by atoms with Gasteiger partial charge in [-0.3, -0.25) is 0 Å². The van der Waals surface area contributed by atoms with Crippen LogP contribution < -0.4 is 0 Å². The summed E-state index contributed by atoms with van der Waals surface area (Å²) in [6, 6.07) is 0. The molecule has 0 rings (SSSR count). The fourth-order valence-corrected chi connectivity index (χ4v) is 0.630. The average molecular weight is 232 g/mol. The quantitative estimate of drug-likeness (QED) is 0.518. The van der Waals surface area contributed by atoms with Gasteiger partial charge in [0.25, 0.3) is 0 Å². The molecule has 0 atom stereocenters. The van der Waals surface area contributed by atoms with Gasteiger partial charge in [0.2, 0.25) is 0 Å². The van der Waals surface area contributed by atoms with Crippen molar-refractivity contribution in [1.29, 1.82) is 0 Å². The minimum atomic E-state index is -4.24. The molecule has 3 nitrogen and oxygen atoms in total. The lowest BCUT2D eigenvalue weighted by Gasteiger charge is -2.15. The first-order valence-electron chi connectivity index (χ1n) is 4.19. The van der Waals surface area contributed by atoms with E-state index in [-0.39, 0.29) is 0 Å². The van der Waals surface area contributed by atoms with Crippen molar-refractivity contribution in [1.82, 2.24) is 0 Å². The molecular weight excluding hydrogens is 220 g/mol. The van der Waals surface area contributed by atoms with Crippen molar-refractivity contribution in [3.8, 4) is 0 Å². The van der Waals surface area contributed by atoms with E-state index in [2.05, 4.69) is 9.47 Å². The summed E-state index contributed by atoms with van der Waals surface area (Å²) in [5.74, 6) is -5.10. The summed E-state index contributed by atoms with van der Waals surface area (Å²) in [6.07, 6.45) is -4.21. The lowest BCUT2D eigenvalue weighted by atomic mass is 10.4. The Hall–Kier alpha value is -0.850. The van der Waals surface area contributed by atoms with Gasteiger partial charge in [-0.1, -0.05) is 0 Å². The number of esters is 1. The zero-order valence-corrected chi connectivity index (χ0v) is 8.31. The first-order chi connectivity index (χ1) is 6.75. The summed E-state index contributed by atoms with van der Waals surface area (Å²) in [7, 11) is 0. The Morgan fingerprint density at radius 1 is 1.33 bits per heavy atom. The van der Waals surface area contributed by atoms with Crippen molar-refractivity contribution < 1.29 is 31.8 Å². The molecule has 15 heavy (non-hydrogen) atoms. The van der Waals surface area contributed by atoms with Crippen LogP contribution in [0, 0.1) is 0 Å². The summed E-state index contributed by atoms with van der Waals surface area (Å²) < 4.78 is 56.3.